The number of aryl methyl sites for hydroxylation is 2. The van der Waals surface area contributed by atoms with E-state index in [2.05, 4.69) is 20.2 Å². The van der Waals surface area contributed by atoms with Gasteiger partial charge in [0.25, 0.3) is 5.60 Å². The van der Waals surface area contributed by atoms with Crippen molar-refractivity contribution in [1.29, 1.82) is 5.26 Å². The lowest BCUT2D eigenvalue weighted by atomic mass is 9.87. The molecule has 1 unspecified atom stereocenters. The third kappa shape index (κ3) is 3.86. The molecule has 5 rings (SSSR count). The zero-order valence-electron chi connectivity index (χ0n) is 20.1. The fourth-order valence-electron chi connectivity index (χ4n) is 4.49. The van der Waals surface area contributed by atoms with Crippen molar-refractivity contribution in [2.75, 3.05) is 7.11 Å². The van der Waals surface area contributed by atoms with E-state index in [1.807, 2.05) is 6.07 Å². The zero-order valence-corrected chi connectivity index (χ0v) is 20.9. The van der Waals surface area contributed by atoms with Crippen LogP contribution in [0.1, 0.15) is 34.3 Å². The predicted molar refractivity (Wildman–Crippen MR) is 129 cm³/mol. The lowest BCUT2D eigenvalue weighted by molar-refractivity contribution is -0.275. The normalized spacial score (nSPS) is 13.6. The number of nitrogens with zero attached hydrogens (tertiary/aromatic N) is 5. The van der Waals surface area contributed by atoms with Crippen molar-refractivity contribution < 1.29 is 30.9 Å². The minimum atomic E-state index is -5.22. The van der Waals surface area contributed by atoms with Crippen LogP contribution >= 0.6 is 12.3 Å². The number of H-pyrrole nitrogens is 1. The summed E-state index contributed by atoms with van der Waals surface area (Å²) in [5, 5.41) is 16.8. The molecular formula is C24H18F4N6O3S. The summed E-state index contributed by atoms with van der Waals surface area (Å²) in [5.74, 6) is -1.09. The van der Waals surface area contributed by atoms with Crippen LogP contribution in [0.2, 0.25) is 0 Å². The van der Waals surface area contributed by atoms with Gasteiger partial charge in [-0.05, 0) is 42.8 Å². The number of hydrogen-bond acceptors (Lipinski definition) is 8. The highest BCUT2D eigenvalue weighted by Crippen LogP contribution is 2.54. The van der Waals surface area contributed by atoms with Crippen LogP contribution in [0, 0.1) is 25.2 Å². The lowest BCUT2D eigenvalue weighted by Crippen LogP contribution is -2.48. The van der Waals surface area contributed by atoms with Crippen LogP contribution in [-0.4, -0.2) is 37.4 Å². The summed E-state index contributed by atoms with van der Waals surface area (Å²) in [6, 6.07) is 8.73. The van der Waals surface area contributed by atoms with E-state index in [1.54, 1.807) is 6.92 Å². The van der Waals surface area contributed by atoms with Crippen LogP contribution in [-0.2, 0) is 16.9 Å². The monoisotopic (exact) mass is 546 g/mol. The van der Waals surface area contributed by atoms with Gasteiger partial charge in [-0.15, -0.1) is 14.1 Å². The summed E-state index contributed by atoms with van der Waals surface area (Å²) >= 11 is -0.476. The summed E-state index contributed by atoms with van der Waals surface area (Å²) in [6.45, 7) is 2.40. The fraction of sp³-hybridized carbons (Fsp3) is 0.250. The first-order chi connectivity index (χ1) is 18.1. The van der Waals surface area contributed by atoms with Gasteiger partial charge in [-0.25, -0.2) is 8.96 Å². The van der Waals surface area contributed by atoms with Crippen LogP contribution < -0.4 is 4.74 Å². The molecule has 0 saturated carbocycles. The number of imidazole rings is 1. The highest BCUT2D eigenvalue weighted by Gasteiger charge is 2.64. The van der Waals surface area contributed by atoms with Gasteiger partial charge in [0, 0.05) is 24.0 Å². The fourth-order valence-corrected chi connectivity index (χ4v) is 4.95. The molecule has 0 radical (unpaired) electrons. The minimum Gasteiger partial charge on any atom is -0.496 e. The number of fused-ring (bicyclic) bond motifs is 2. The predicted octanol–water partition coefficient (Wildman–Crippen LogP) is 5.80. The Balaban J connectivity index is 1.91. The van der Waals surface area contributed by atoms with E-state index >= 15 is 13.2 Å². The molecule has 3 aromatic heterocycles. The molecule has 3 heterocycles. The quantitative estimate of drug-likeness (QED) is 0.255. The maximum absolute atomic E-state index is 15.6. The molecule has 5 aromatic rings. The summed E-state index contributed by atoms with van der Waals surface area (Å²) in [7, 11) is 1.23. The number of halogens is 4. The number of nitrogens with one attached hydrogen (secondary N) is 1. The van der Waals surface area contributed by atoms with Crippen molar-refractivity contribution in [3.8, 4) is 11.8 Å². The number of methoxy groups -OCH3 is 1. The summed E-state index contributed by atoms with van der Waals surface area (Å²) in [5.41, 5.74) is -2.72. The molecule has 0 amide bonds. The van der Waals surface area contributed by atoms with Gasteiger partial charge in [0.1, 0.15) is 12.4 Å². The second-order valence-corrected chi connectivity index (χ2v) is 8.84. The van der Waals surface area contributed by atoms with Crippen LogP contribution in [0.15, 0.2) is 40.9 Å². The number of benzene rings is 2. The summed E-state index contributed by atoms with van der Waals surface area (Å²) in [4.78, 5) is 7.13. The number of hydrogen-bond donors (Lipinski definition) is 1. The third-order valence-electron chi connectivity index (χ3n) is 6.08. The van der Waals surface area contributed by atoms with E-state index in [1.165, 1.54) is 50.6 Å². The van der Waals surface area contributed by atoms with Crippen LogP contribution in [0.3, 0.4) is 0 Å². The first-order valence-corrected chi connectivity index (χ1v) is 11.7. The maximum atomic E-state index is 15.6. The molecule has 196 valence electrons. The molecule has 1 atom stereocenters. The highest BCUT2D eigenvalue weighted by atomic mass is 32.2. The van der Waals surface area contributed by atoms with Crippen molar-refractivity contribution in [2.24, 2.45) is 0 Å². The van der Waals surface area contributed by atoms with Gasteiger partial charge in [0.15, 0.2) is 18.2 Å². The molecule has 0 saturated heterocycles. The second kappa shape index (κ2) is 9.34. The van der Waals surface area contributed by atoms with E-state index in [9.17, 15) is 9.15 Å². The van der Waals surface area contributed by atoms with Gasteiger partial charge in [-0.3, -0.25) is 0 Å². The zero-order chi connectivity index (χ0) is 27.2. The maximum Gasteiger partial charge on any atom is 0.429 e. The molecule has 1 N–H and O–H groups in total. The molecular weight excluding hydrogens is 528 g/mol. The summed E-state index contributed by atoms with van der Waals surface area (Å²) in [6.07, 6.45) is -3.74. The smallest absolute Gasteiger partial charge is 0.429 e. The SMILES string of the molecule is COc1cc(C)c2[nH]ccc2c1C(OCc1nnc(C)o1)(c1nc2cc(C#N)ccc2n1SF)C(F)(F)F. The number of aromatic nitrogens is 5. The number of alkyl halides is 3. The van der Waals surface area contributed by atoms with E-state index < -0.39 is 42.1 Å². The third-order valence-corrected chi connectivity index (χ3v) is 6.59. The number of rotatable bonds is 7. The van der Waals surface area contributed by atoms with Crippen molar-refractivity contribution in [2.45, 2.75) is 32.2 Å². The van der Waals surface area contributed by atoms with Gasteiger partial charge in [-0.2, -0.15) is 18.4 Å². The Hall–Kier alpha value is -4.09. The van der Waals surface area contributed by atoms with Gasteiger partial charge >= 0.3 is 6.18 Å². The molecule has 9 nitrogen and oxygen atoms in total. The Bertz CT molecular complexity index is 1700. The number of ether oxygens (including phenoxy) is 2. The van der Waals surface area contributed by atoms with Crippen molar-refractivity contribution in [3.63, 3.8) is 0 Å². The van der Waals surface area contributed by atoms with Crippen LogP contribution in [0.4, 0.5) is 17.1 Å². The second-order valence-electron chi connectivity index (χ2n) is 8.33. The molecule has 0 aliphatic carbocycles. The Kier molecular flexibility index (Phi) is 6.28. The first kappa shape index (κ1) is 25.6. The minimum absolute atomic E-state index is 0.00810. The average Bonchev–Trinajstić information content (AvgIpc) is 3.62. The topological polar surface area (TPSA) is 115 Å². The van der Waals surface area contributed by atoms with Crippen molar-refractivity contribution in [3.05, 3.63) is 70.8 Å². The molecule has 38 heavy (non-hydrogen) atoms. The van der Waals surface area contributed by atoms with Crippen molar-refractivity contribution in [1.82, 2.24) is 24.1 Å². The van der Waals surface area contributed by atoms with Crippen LogP contribution in [0.25, 0.3) is 21.9 Å². The Labute approximate surface area is 216 Å². The van der Waals surface area contributed by atoms with Gasteiger partial charge < -0.3 is 18.9 Å². The van der Waals surface area contributed by atoms with Gasteiger partial charge in [0.2, 0.25) is 11.8 Å². The number of nitriles is 1. The van der Waals surface area contributed by atoms with Gasteiger partial charge in [-0.1, -0.05) is 0 Å². The Morgan fingerprint density at radius 1 is 1.18 bits per heavy atom. The Morgan fingerprint density at radius 2 is 1.97 bits per heavy atom. The Morgan fingerprint density at radius 3 is 2.61 bits per heavy atom. The summed E-state index contributed by atoms with van der Waals surface area (Å²) < 4.78 is 78.4. The lowest BCUT2D eigenvalue weighted by Gasteiger charge is -2.36. The highest BCUT2D eigenvalue weighted by molar-refractivity contribution is 7.93. The standard InChI is InChI=1S/C24H18F4N6O3S/c1-12-8-18(35-3)20(15-6-7-30-21(12)15)23(24(25,26)27,36-11-19-33-32-13(2)37-19)22-31-16-9-14(10-29)4-5-17(16)34(22)38-28/h4-9,30H,11H2,1-3H3. The van der Waals surface area contributed by atoms with E-state index in [0.29, 0.717) is 15.1 Å². The average molecular weight is 547 g/mol. The van der Waals surface area contributed by atoms with E-state index in [0.717, 1.165) is 0 Å². The molecule has 0 aliphatic rings. The molecule has 0 spiro atoms. The molecule has 0 fully saturated rings. The van der Waals surface area contributed by atoms with E-state index in [-0.39, 0.29) is 39.5 Å². The molecule has 0 aliphatic heterocycles. The number of aromatic amines is 1. The largest absolute Gasteiger partial charge is 0.496 e. The first-order valence-electron chi connectivity index (χ1n) is 11.0. The van der Waals surface area contributed by atoms with Gasteiger partial charge in [0.05, 0.1) is 35.3 Å². The molecule has 0 bridgehead atoms. The molecule has 2 aromatic carbocycles. The van der Waals surface area contributed by atoms with E-state index in [4.69, 9.17) is 13.9 Å². The molecule has 14 heteroatoms. The van der Waals surface area contributed by atoms with Crippen LogP contribution in [0.5, 0.6) is 5.75 Å². The van der Waals surface area contributed by atoms with Crippen molar-refractivity contribution >= 4 is 34.3 Å².